The van der Waals surface area contributed by atoms with E-state index in [1.807, 2.05) is 0 Å². The van der Waals surface area contributed by atoms with Crippen molar-refractivity contribution < 1.29 is 13.2 Å². The van der Waals surface area contributed by atoms with E-state index in [2.05, 4.69) is 5.10 Å². The highest BCUT2D eigenvalue weighted by Crippen LogP contribution is 2.28. The highest BCUT2D eigenvalue weighted by atomic mass is 19.4. The van der Waals surface area contributed by atoms with Crippen LogP contribution in [0.25, 0.3) is 5.52 Å². The first kappa shape index (κ1) is 11.6. The third-order valence-electron chi connectivity index (χ3n) is 2.43. The summed E-state index contributed by atoms with van der Waals surface area (Å²) in [5.41, 5.74) is 4.39. The van der Waals surface area contributed by atoms with Gasteiger partial charge in [-0.3, -0.25) is 9.36 Å². The van der Waals surface area contributed by atoms with E-state index in [0.29, 0.717) is 4.57 Å². The van der Waals surface area contributed by atoms with Crippen LogP contribution < -0.4 is 11.3 Å². The molecule has 0 saturated carbocycles. The maximum atomic E-state index is 12.6. The Morgan fingerprint density at radius 1 is 1.41 bits per heavy atom. The molecule has 2 aromatic heterocycles. The second-order valence-corrected chi connectivity index (χ2v) is 3.46. The number of fused-ring (bicyclic) bond motifs is 1. The van der Waals surface area contributed by atoms with Crippen LogP contribution in [0.3, 0.4) is 0 Å². The Morgan fingerprint density at radius 3 is 2.71 bits per heavy atom. The van der Waals surface area contributed by atoms with Gasteiger partial charge in [0.15, 0.2) is 0 Å². The molecule has 2 N–H and O–H groups in total. The van der Waals surface area contributed by atoms with Gasteiger partial charge in [0.2, 0.25) is 0 Å². The fourth-order valence-corrected chi connectivity index (χ4v) is 1.59. The molecule has 0 aliphatic carbocycles. The molecule has 8 heteroatoms. The van der Waals surface area contributed by atoms with E-state index in [1.54, 1.807) is 0 Å². The fourth-order valence-electron chi connectivity index (χ4n) is 1.59. The number of aromatic nitrogens is 3. The summed E-state index contributed by atoms with van der Waals surface area (Å²) >= 11 is 0. The Kier molecular flexibility index (Phi) is 2.66. The zero-order valence-electron chi connectivity index (χ0n) is 8.55. The van der Waals surface area contributed by atoms with E-state index in [4.69, 9.17) is 5.73 Å². The van der Waals surface area contributed by atoms with Gasteiger partial charge in [-0.25, -0.2) is 4.52 Å². The van der Waals surface area contributed by atoms with Crippen LogP contribution in [0.5, 0.6) is 0 Å². The zero-order valence-corrected chi connectivity index (χ0v) is 8.55. The van der Waals surface area contributed by atoms with Crippen molar-refractivity contribution in [2.24, 2.45) is 5.73 Å². The van der Waals surface area contributed by atoms with Crippen molar-refractivity contribution in [3.8, 4) is 0 Å². The summed E-state index contributed by atoms with van der Waals surface area (Å²) in [5.74, 6) is 0. The summed E-state index contributed by atoms with van der Waals surface area (Å²) in [6, 6.07) is -0.669. The van der Waals surface area contributed by atoms with Gasteiger partial charge in [-0.2, -0.15) is 18.3 Å². The Hall–Kier alpha value is -1.83. The Labute approximate surface area is 93.3 Å². The van der Waals surface area contributed by atoms with Gasteiger partial charge in [0.25, 0.3) is 5.56 Å². The molecule has 0 aliphatic heterocycles. The number of nitrogens with two attached hydrogens (primary N) is 1. The normalized spacial score (nSPS) is 14.1. The quantitative estimate of drug-likeness (QED) is 0.841. The van der Waals surface area contributed by atoms with Crippen LogP contribution in [0.4, 0.5) is 13.2 Å². The zero-order chi connectivity index (χ0) is 12.6. The van der Waals surface area contributed by atoms with E-state index in [9.17, 15) is 18.0 Å². The lowest BCUT2D eigenvalue weighted by molar-refractivity contribution is -0.165. The number of hydrogen-bond donors (Lipinski definition) is 1. The molecule has 2 heterocycles. The lowest BCUT2D eigenvalue weighted by Gasteiger charge is -2.20. The van der Waals surface area contributed by atoms with Gasteiger partial charge in [-0.1, -0.05) is 0 Å². The third kappa shape index (κ3) is 1.91. The van der Waals surface area contributed by atoms with E-state index >= 15 is 0 Å². The van der Waals surface area contributed by atoms with E-state index in [1.165, 1.54) is 23.0 Å². The molecule has 0 bridgehead atoms. The van der Waals surface area contributed by atoms with Crippen LogP contribution >= 0.6 is 0 Å². The molecule has 17 heavy (non-hydrogen) atoms. The molecule has 5 nitrogen and oxygen atoms in total. The monoisotopic (exact) mass is 246 g/mol. The summed E-state index contributed by atoms with van der Waals surface area (Å²) in [6.45, 7) is -0.687. The predicted molar refractivity (Wildman–Crippen MR) is 53.6 cm³/mol. The molecule has 0 fully saturated rings. The molecular formula is C9H9F3N4O. The van der Waals surface area contributed by atoms with Crippen molar-refractivity contribution >= 4 is 5.52 Å². The minimum absolute atomic E-state index is 0.0789. The van der Waals surface area contributed by atoms with Crippen LogP contribution in [-0.2, 0) is 0 Å². The summed E-state index contributed by atoms with van der Waals surface area (Å²) in [5, 5.41) is 3.76. The lowest BCUT2D eigenvalue weighted by Crippen LogP contribution is -2.39. The standard InChI is InChI=1S/C9H9F3N4O/c10-9(11,12)7(5-13)15-3-4-16-6(8(15)17)1-2-14-16/h1-4,7H,5,13H2. The summed E-state index contributed by atoms with van der Waals surface area (Å²) in [4.78, 5) is 11.8. The average Bonchev–Trinajstić information content (AvgIpc) is 2.69. The van der Waals surface area contributed by atoms with Gasteiger partial charge < -0.3 is 5.73 Å². The smallest absolute Gasteiger partial charge is 0.328 e. The minimum Gasteiger partial charge on any atom is -0.328 e. The van der Waals surface area contributed by atoms with Crippen molar-refractivity contribution in [1.29, 1.82) is 0 Å². The van der Waals surface area contributed by atoms with Gasteiger partial charge in [0.05, 0.1) is 6.20 Å². The molecule has 0 spiro atoms. The third-order valence-corrected chi connectivity index (χ3v) is 2.43. The maximum absolute atomic E-state index is 12.6. The number of rotatable bonds is 2. The van der Waals surface area contributed by atoms with Crippen LogP contribution in [0.1, 0.15) is 6.04 Å². The molecule has 0 aliphatic rings. The second-order valence-electron chi connectivity index (χ2n) is 3.46. The number of hydrogen-bond acceptors (Lipinski definition) is 3. The highest BCUT2D eigenvalue weighted by Gasteiger charge is 2.40. The molecule has 1 unspecified atom stereocenters. The Morgan fingerprint density at radius 2 is 2.12 bits per heavy atom. The van der Waals surface area contributed by atoms with Crippen molar-refractivity contribution in [2.45, 2.75) is 12.2 Å². The molecule has 0 amide bonds. The van der Waals surface area contributed by atoms with Crippen LogP contribution in [0.15, 0.2) is 29.5 Å². The van der Waals surface area contributed by atoms with Crippen LogP contribution in [-0.4, -0.2) is 26.9 Å². The molecule has 1 atom stereocenters. The van der Waals surface area contributed by atoms with Gasteiger partial charge in [-0.05, 0) is 6.07 Å². The maximum Gasteiger partial charge on any atom is 0.410 e. The first-order valence-corrected chi connectivity index (χ1v) is 4.76. The lowest BCUT2D eigenvalue weighted by atomic mass is 10.2. The fraction of sp³-hybridized carbons (Fsp3) is 0.333. The number of halogens is 3. The minimum atomic E-state index is -4.56. The SMILES string of the molecule is NCC(n1ccn2nccc2c1=O)C(F)(F)F. The second kappa shape index (κ2) is 3.88. The largest absolute Gasteiger partial charge is 0.410 e. The van der Waals surface area contributed by atoms with Crippen molar-refractivity contribution in [3.05, 3.63) is 35.0 Å². The van der Waals surface area contributed by atoms with E-state index < -0.39 is 24.3 Å². The van der Waals surface area contributed by atoms with Crippen molar-refractivity contribution in [1.82, 2.24) is 14.2 Å². The molecule has 2 aromatic rings. The Bertz CT molecular complexity index is 586. The van der Waals surface area contributed by atoms with E-state index in [-0.39, 0.29) is 5.52 Å². The summed E-state index contributed by atoms with van der Waals surface area (Å²) in [7, 11) is 0. The average molecular weight is 246 g/mol. The molecule has 0 saturated heterocycles. The van der Waals surface area contributed by atoms with Gasteiger partial charge in [0.1, 0.15) is 11.6 Å². The Balaban J connectivity index is 2.62. The van der Waals surface area contributed by atoms with Crippen molar-refractivity contribution in [3.63, 3.8) is 0 Å². The van der Waals surface area contributed by atoms with Crippen LogP contribution in [0, 0.1) is 0 Å². The van der Waals surface area contributed by atoms with Crippen LogP contribution in [0.2, 0.25) is 0 Å². The molecule has 2 rings (SSSR count). The first-order valence-electron chi connectivity index (χ1n) is 4.76. The van der Waals surface area contributed by atoms with Crippen molar-refractivity contribution in [2.75, 3.05) is 6.54 Å². The van der Waals surface area contributed by atoms with E-state index in [0.717, 1.165) is 6.20 Å². The molecule has 92 valence electrons. The van der Waals surface area contributed by atoms with Gasteiger partial charge in [0, 0.05) is 18.9 Å². The number of nitrogens with zero attached hydrogens (tertiary/aromatic N) is 3. The highest BCUT2D eigenvalue weighted by molar-refractivity contribution is 5.42. The topological polar surface area (TPSA) is 65.3 Å². The summed E-state index contributed by atoms with van der Waals surface area (Å²) in [6.07, 6.45) is -0.901. The van der Waals surface area contributed by atoms with Gasteiger partial charge >= 0.3 is 6.18 Å². The molecular weight excluding hydrogens is 237 g/mol. The number of alkyl halides is 3. The first-order chi connectivity index (χ1) is 7.95. The summed E-state index contributed by atoms with van der Waals surface area (Å²) < 4.78 is 39.7. The molecule has 0 aromatic carbocycles. The molecule has 0 radical (unpaired) electrons. The predicted octanol–water partition coefficient (Wildman–Crippen LogP) is 0.558. The van der Waals surface area contributed by atoms with Gasteiger partial charge in [-0.15, -0.1) is 0 Å².